The van der Waals surface area contributed by atoms with Crippen LogP contribution in [0.1, 0.15) is 26.4 Å². The fourth-order valence-corrected chi connectivity index (χ4v) is 4.75. The van der Waals surface area contributed by atoms with Gasteiger partial charge in [-0.1, -0.05) is 91.0 Å². The lowest BCUT2D eigenvalue weighted by molar-refractivity contribution is 1.28. The van der Waals surface area contributed by atoms with E-state index in [0.29, 0.717) is 0 Å². The lowest BCUT2D eigenvalue weighted by atomic mass is 10.1. The minimum Gasteiger partial charge on any atom is -0.311 e. The van der Waals surface area contributed by atoms with Crippen LogP contribution in [0.4, 0.5) is 17.1 Å². The Labute approximate surface area is 212 Å². The van der Waals surface area contributed by atoms with Crippen LogP contribution in [-0.4, -0.2) is 0 Å². The molecule has 0 radical (unpaired) electrons. The number of rotatable bonds is 7. The topological polar surface area (TPSA) is 3.24 Å². The molecule has 1 heterocycles. The highest BCUT2D eigenvalue weighted by atomic mass is 32.1. The molecule has 0 N–H and O–H groups in total. The van der Waals surface area contributed by atoms with Gasteiger partial charge < -0.3 is 4.90 Å². The van der Waals surface area contributed by atoms with E-state index < -0.39 is 0 Å². The third kappa shape index (κ3) is 5.87. The highest BCUT2D eigenvalue weighted by Crippen LogP contribution is 2.34. The van der Waals surface area contributed by atoms with Crippen molar-refractivity contribution in [2.24, 2.45) is 0 Å². The molecule has 0 saturated carbocycles. The van der Waals surface area contributed by atoms with Crippen LogP contribution in [0, 0.1) is 6.92 Å². The van der Waals surface area contributed by atoms with Crippen molar-refractivity contribution in [2.45, 2.75) is 6.92 Å². The van der Waals surface area contributed by atoms with Crippen molar-refractivity contribution in [1.82, 2.24) is 0 Å². The quantitative estimate of drug-likeness (QED) is 0.214. The molecule has 0 spiro atoms. The highest BCUT2D eigenvalue weighted by Gasteiger charge is 2.11. The van der Waals surface area contributed by atoms with Gasteiger partial charge in [-0.05, 0) is 78.2 Å². The van der Waals surface area contributed by atoms with Crippen LogP contribution in [0.25, 0.3) is 24.3 Å². The molecule has 5 aromatic rings. The molecule has 1 aromatic heterocycles. The van der Waals surface area contributed by atoms with Gasteiger partial charge in [-0.3, -0.25) is 0 Å². The Hall–Kier alpha value is -4.14. The first-order valence-electron chi connectivity index (χ1n) is 11.8. The summed E-state index contributed by atoms with van der Waals surface area (Å²) in [6, 6.07) is 42.6. The van der Waals surface area contributed by atoms with Crippen molar-refractivity contribution < 1.29 is 0 Å². The minimum absolute atomic E-state index is 1.14. The Morgan fingerprint density at radius 1 is 0.457 bits per heavy atom. The third-order valence-electron chi connectivity index (χ3n) is 5.79. The molecule has 0 aliphatic carbocycles. The van der Waals surface area contributed by atoms with E-state index in [1.807, 2.05) is 23.5 Å². The molecule has 2 heteroatoms. The second-order valence-corrected chi connectivity index (χ2v) is 9.70. The first kappa shape index (κ1) is 22.6. The molecule has 5 rings (SSSR count). The van der Waals surface area contributed by atoms with Gasteiger partial charge in [-0.25, -0.2) is 0 Å². The number of para-hydroxylation sites is 2. The van der Waals surface area contributed by atoms with E-state index >= 15 is 0 Å². The zero-order valence-corrected chi connectivity index (χ0v) is 20.5. The van der Waals surface area contributed by atoms with Crippen molar-refractivity contribution >= 4 is 52.7 Å². The molecule has 170 valence electrons. The fourth-order valence-electron chi connectivity index (χ4n) is 3.97. The van der Waals surface area contributed by atoms with Crippen LogP contribution in [-0.2, 0) is 0 Å². The van der Waals surface area contributed by atoms with Crippen LogP contribution < -0.4 is 4.90 Å². The number of hydrogen-bond acceptors (Lipinski definition) is 2. The van der Waals surface area contributed by atoms with Crippen LogP contribution in [0.5, 0.6) is 0 Å². The van der Waals surface area contributed by atoms with Crippen LogP contribution >= 0.6 is 11.3 Å². The predicted octanol–water partition coefficient (Wildman–Crippen LogP) is 9.87. The Balaban J connectivity index is 1.30. The minimum atomic E-state index is 1.14. The molecule has 35 heavy (non-hydrogen) atoms. The summed E-state index contributed by atoms with van der Waals surface area (Å²) in [5.41, 5.74) is 6.99. The summed E-state index contributed by atoms with van der Waals surface area (Å²) < 4.78 is 0. The number of hydrogen-bond donors (Lipinski definition) is 0. The van der Waals surface area contributed by atoms with Gasteiger partial charge in [-0.15, -0.1) is 11.3 Å². The van der Waals surface area contributed by atoms with E-state index in [9.17, 15) is 0 Å². The number of anilines is 3. The molecular weight excluding hydrogens is 442 g/mol. The summed E-state index contributed by atoms with van der Waals surface area (Å²) in [6.45, 7) is 2.14. The number of nitrogens with zero attached hydrogens (tertiary/aromatic N) is 1. The van der Waals surface area contributed by atoms with Gasteiger partial charge in [0.05, 0.1) is 0 Å². The number of benzene rings is 4. The summed E-state index contributed by atoms with van der Waals surface area (Å²) in [7, 11) is 0. The number of thiophene rings is 1. The van der Waals surface area contributed by atoms with Crippen LogP contribution in [0.2, 0.25) is 0 Å². The van der Waals surface area contributed by atoms with Gasteiger partial charge in [0.25, 0.3) is 0 Å². The zero-order chi connectivity index (χ0) is 23.9. The SMILES string of the molecule is Cc1ccc(/C=C/c2ccc(/C=C/c3ccc(N(c4ccccc4)c4ccccc4)cc3)cc2)s1. The molecule has 0 aliphatic heterocycles. The van der Waals surface area contributed by atoms with E-state index in [1.54, 1.807) is 0 Å². The van der Waals surface area contributed by atoms with Gasteiger partial charge in [0.15, 0.2) is 0 Å². The lowest BCUT2D eigenvalue weighted by Crippen LogP contribution is -2.09. The maximum Gasteiger partial charge on any atom is 0.0462 e. The molecular formula is C33H27NS. The second kappa shape index (κ2) is 10.9. The summed E-state index contributed by atoms with van der Waals surface area (Å²) >= 11 is 1.81. The molecule has 0 bridgehead atoms. The first-order valence-corrected chi connectivity index (χ1v) is 12.6. The molecule has 0 amide bonds. The van der Waals surface area contributed by atoms with Crippen molar-refractivity contribution in [2.75, 3.05) is 4.90 Å². The molecule has 0 fully saturated rings. The summed E-state index contributed by atoms with van der Waals surface area (Å²) in [5.74, 6) is 0. The largest absolute Gasteiger partial charge is 0.311 e. The summed E-state index contributed by atoms with van der Waals surface area (Å²) in [4.78, 5) is 4.90. The standard InChI is InChI=1S/C33H27NS/c1-26-12-24-33(35-26)25-21-28-16-13-27(14-17-28)15-18-29-19-22-32(23-20-29)34(30-8-4-2-5-9-30)31-10-6-3-7-11-31/h2-25H,1H3/b18-15+,25-21+. The van der Waals surface area contributed by atoms with Gasteiger partial charge in [0.2, 0.25) is 0 Å². The van der Waals surface area contributed by atoms with E-state index in [4.69, 9.17) is 0 Å². The normalized spacial score (nSPS) is 11.3. The van der Waals surface area contributed by atoms with Crippen molar-refractivity contribution in [3.8, 4) is 0 Å². The second-order valence-electron chi connectivity index (χ2n) is 8.38. The predicted molar refractivity (Wildman–Crippen MR) is 154 cm³/mol. The monoisotopic (exact) mass is 469 g/mol. The molecule has 0 atom stereocenters. The summed E-state index contributed by atoms with van der Waals surface area (Å²) in [5, 5.41) is 0. The zero-order valence-electron chi connectivity index (χ0n) is 19.7. The maximum absolute atomic E-state index is 2.28. The molecule has 0 unspecified atom stereocenters. The average Bonchev–Trinajstić information content (AvgIpc) is 3.34. The van der Waals surface area contributed by atoms with Crippen LogP contribution in [0.15, 0.2) is 121 Å². The average molecular weight is 470 g/mol. The maximum atomic E-state index is 2.28. The van der Waals surface area contributed by atoms with E-state index in [1.165, 1.54) is 26.4 Å². The van der Waals surface area contributed by atoms with E-state index in [0.717, 1.165) is 17.1 Å². The van der Waals surface area contributed by atoms with Gasteiger partial charge in [0, 0.05) is 26.8 Å². The van der Waals surface area contributed by atoms with Crippen molar-refractivity contribution in [1.29, 1.82) is 0 Å². The highest BCUT2D eigenvalue weighted by molar-refractivity contribution is 7.12. The Morgan fingerprint density at radius 2 is 0.886 bits per heavy atom. The molecule has 1 nitrogen and oxygen atoms in total. The van der Waals surface area contributed by atoms with E-state index in [-0.39, 0.29) is 0 Å². The first-order chi connectivity index (χ1) is 17.2. The third-order valence-corrected chi connectivity index (χ3v) is 6.75. The Kier molecular flexibility index (Phi) is 7.02. The van der Waals surface area contributed by atoms with Crippen LogP contribution in [0.3, 0.4) is 0 Å². The molecule has 4 aromatic carbocycles. The molecule has 0 aliphatic rings. The number of aryl methyl sites for hydroxylation is 1. The van der Waals surface area contributed by atoms with Crippen molar-refractivity contribution in [3.63, 3.8) is 0 Å². The smallest absolute Gasteiger partial charge is 0.0462 e. The van der Waals surface area contributed by atoms with Gasteiger partial charge >= 0.3 is 0 Å². The summed E-state index contributed by atoms with van der Waals surface area (Å²) in [6.07, 6.45) is 8.68. The Bertz CT molecular complexity index is 1370. The lowest BCUT2D eigenvalue weighted by Gasteiger charge is -2.25. The Morgan fingerprint density at radius 3 is 1.34 bits per heavy atom. The van der Waals surface area contributed by atoms with Crippen molar-refractivity contribution in [3.05, 3.63) is 148 Å². The van der Waals surface area contributed by atoms with Gasteiger partial charge in [-0.2, -0.15) is 0 Å². The molecule has 0 saturated heterocycles. The fraction of sp³-hybridized carbons (Fsp3) is 0.0303. The van der Waals surface area contributed by atoms with E-state index in [2.05, 4.69) is 145 Å². The van der Waals surface area contributed by atoms with Gasteiger partial charge in [0.1, 0.15) is 0 Å².